The fraction of sp³-hybridized carbons (Fsp3) is 0.308. The van der Waals surface area contributed by atoms with Gasteiger partial charge in [0.1, 0.15) is 5.01 Å². The van der Waals surface area contributed by atoms with Gasteiger partial charge in [-0.05, 0) is 24.6 Å². The summed E-state index contributed by atoms with van der Waals surface area (Å²) in [6.07, 6.45) is 4.01. The molecule has 1 aromatic heterocycles. The van der Waals surface area contributed by atoms with E-state index in [9.17, 15) is 8.42 Å². The zero-order chi connectivity index (χ0) is 14.8. The maximum absolute atomic E-state index is 11.4. The zero-order valence-electron chi connectivity index (χ0n) is 11.4. The third-order valence-electron chi connectivity index (χ3n) is 2.83. The molecule has 20 heavy (non-hydrogen) atoms. The number of nitrogens with two attached hydrogens (primary N) is 1. The van der Waals surface area contributed by atoms with Gasteiger partial charge in [-0.15, -0.1) is 11.3 Å². The Balaban J connectivity index is 2.10. The average Bonchev–Trinajstić information content (AvgIpc) is 2.84. The molecule has 2 aromatic rings. The van der Waals surface area contributed by atoms with E-state index in [1.165, 1.54) is 10.9 Å². The molecule has 0 amide bonds. The predicted octanol–water partition coefficient (Wildman–Crippen LogP) is 2.30. The molecule has 2 rings (SSSR count). The van der Waals surface area contributed by atoms with Gasteiger partial charge in [0.2, 0.25) is 0 Å². The second-order valence-corrected chi connectivity index (χ2v) is 7.66. The molecule has 0 bridgehead atoms. The Morgan fingerprint density at radius 2 is 2.15 bits per heavy atom. The van der Waals surface area contributed by atoms with E-state index in [2.05, 4.69) is 17.2 Å². The van der Waals surface area contributed by atoms with Gasteiger partial charge in [-0.3, -0.25) is 0 Å². The Morgan fingerprint density at radius 1 is 1.40 bits per heavy atom. The third-order valence-corrected chi connectivity index (χ3v) is 5.08. The Kier molecular flexibility index (Phi) is 4.29. The molecule has 0 saturated carbocycles. The summed E-state index contributed by atoms with van der Waals surface area (Å²) >= 11 is 1.66. The van der Waals surface area contributed by atoms with Gasteiger partial charge >= 0.3 is 0 Å². The first-order valence-corrected chi connectivity index (χ1v) is 8.88. The zero-order valence-corrected chi connectivity index (χ0v) is 13.0. The van der Waals surface area contributed by atoms with Crippen molar-refractivity contribution in [2.45, 2.75) is 24.8 Å². The van der Waals surface area contributed by atoms with Gasteiger partial charge in [-0.2, -0.15) is 0 Å². The van der Waals surface area contributed by atoms with Crippen molar-refractivity contribution in [1.29, 1.82) is 0 Å². The van der Waals surface area contributed by atoms with E-state index < -0.39 is 9.84 Å². The first-order chi connectivity index (χ1) is 9.40. The number of benzene rings is 1. The van der Waals surface area contributed by atoms with Crippen molar-refractivity contribution in [3.05, 3.63) is 34.3 Å². The number of anilines is 2. The molecule has 108 valence electrons. The molecule has 7 heteroatoms. The number of hydrogen-bond donors (Lipinski definition) is 2. The van der Waals surface area contributed by atoms with E-state index >= 15 is 0 Å². The standard InChI is InChI=1S/C13H17N3O2S2/c1-3-9-7-16-13(19-9)8-15-12-5-4-10(6-11(12)14)20(2,17)18/h4-7,15H,3,8,14H2,1-2H3. The summed E-state index contributed by atoms with van der Waals surface area (Å²) in [5, 5.41) is 4.15. The van der Waals surface area contributed by atoms with Gasteiger partial charge in [-0.1, -0.05) is 6.92 Å². The van der Waals surface area contributed by atoms with Crippen LogP contribution < -0.4 is 11.1 Å². The summed E-state index contributed by atoms with van der Waals surface area (Å²) in [6.45, 7) is 2.67. The third kappa shape index (κ3) is 3.49. The molecule has 5 nitrogen and oxygen atoms in total. The summed E-state index contributed by atoms with van der Waals surface area (Å²) < 4.78 is 22.9. The lowest BCUT2D eigenvalue weighted by atomic mass is 10.2. The Labute approximate surface area is 122 Å². The lowest BCUT2D eigenvalue weighted by Gasteiger charge is -2.09. The molecule has 0 radical (unpaired) electrons. The van der Waals surface area contributed by atoms with Crippen LogP contribution in [0.3, 0.4) is 0 Å². The molecule has 1 heterocycles. The van der Waals surface area contributed by atoms with Crippen LogP contribution >= 0.6 is 11.3 Å². The quantitative estimate of drug-likeness (QED) is 0.828. The number of thiazole rings is 1. The molecule has 1 aromatic carbocycles. The summed E-state index contributed by atoms with van der Waals surface area (Å²) in [6, 6.07) is 4.70. The number of aryl methyl sites for hydroxylation is 1. The van der Waals surface area contributed by atoms with E-state index in [1.54, 1.807) is 23.5 Å². The van der Waals surface area contributed by atoms with Crippen LogP contribution in [0, 0.1) is 0 Å². The fourth-order valence-corrected chi connectivity index (χ4v) is 3.15. The van der Waals surface area contributed by atoms with E-state index in [0.29, 0.717) is 17.9 Å². The van der Waals surface area contributed by atoms with Crippen LogP contribution in [-0.4, -0.2) is 19.7 Å². The second-order valence-electron chi connectivity index (χ2n) is 4.45. The van der Waals surface area contributed by atoms with Gasteiger partial charge in [0, 0.05) is 17.3 Å². The molecule has 0 saturated heterocycles. The minimum atomic E-state index is -3.23. The van der Waals surface area contributed by atoms with Gasteiger partial charge in [0.15, 0.2) is 9.84 Å². The maximum atomic E-state index is 11.4. The summed E-state index contributed by atoms with van der Waals surface area (Å²) in [5.74, 6) is 0. The highest BCUT2D eigenvalue weighted by Crippen LogP contribution is 2.23. The lowest BCUT2D eigenvalue weighted by molar-refractivity contribution is 0.602. The summed E-state index contributed by atoms with van der Waals surface area (Å²) in [7, 11) is -3.23. The van der Waals surface area contributed by atoms with Gasteiger partial charge in [-0.25, -0.2) is 13.4 Å². The molecular formula is C13H17N3O2S2. The van der Waals surface area contributed by atoms with Crippen molar-refractivity contribution < 1.29 is 8.42 Å². The number of hydrogen-bond acceptors (Lipinski definition) is 6. The van der Waals surface area contributed by atoms with Crippen molar-refractivity contribution in [1.82, 2.24) is 4.98 Å². The maximum Gasteiger partial charge on any atom is 0.175 e. The largest absolute Gasteiger partial charge is 0.397 e. The van der Waals surface area contributed by atoms with Crippen LogP contribution in [0.15, 0.2) is 29.3 Å². The number of rotatable bonds is 5. The smallest absolute Gasteiger partial charge is 0.175 e. The van der Waals surface area contributed by atoms with E-state index in [0.717, 1.165) is 17.7 Å². The Hall–Kier alpha value is -1.60. The minimum Gasteiger partial charge on any atom is -0.397 e. The molecule has 0 aliphatic rings. The number of nitrogens with zero attached hydrogens (tertiary/aromatic N) is 1. The van der Waals surface area contributed by atoms with Crippen molar-refractivity contribution in [2.75, 3.05) is 17.3 Å². The van der Waals surface area contributed by atoms with E-state index in [-0.39, 0.29) is 4.90 Å². The van der Waals surface area contributed by atoms with Crippen molar-refractivity contribution >= 4 is 32.5 Å². The SMILES string of the molecule is CCc1cnc(CNc2ccc(S(C)(=O)=O)cc2N)s1. The molecule has 0 aliphatic carbocycles. The van der Waals surface area contributed by atoms with Crippen LogP contribution in [0.4, 0.5) is 11.4 Å². The number of sulfone groups is 1. The van der Waals surface area contributed by atoms with E-state index in [4.69, 9.17) is 5.73 Å². The lowest BCUT2D eigenvalue weighted by Crippen LogP contribution is -2.04. The topological polar surface area (TPSA) is 85.1 Å². The number of nitrogens with one attached hydrogen (secondary N) is 1. The molecular weight excluding hydrogens is 294 g/mol. The highest BCUT2D eigenvalue weighted by molar-refractivity contribution is 7.90. The van der Waals surface area contributed by atoms with Crippen molar-refractivity contribution in [3.63, 3.8) is 0 Å². The van der Waals surface area contributed by atoms with Crippen LogP contribution in [0.5, 0.6) is 0 Å². The Bertz CT molecular complexity index is 708. The Morgan fingerprint density at radius 3 is 2.70 bits per heavy atom. The van der Waals surface area contributed by atoms with Gasteiger partial charge in [0.05, 0.1) is 22.8 Å². The van der Waals surface area contributed by atoms with Crippen LogP contribution in [-0.2, 0) is 22.8 Å². The second kappa shape index (κ2) is 5.80. The first-order valence-electron chi connectivity index (χ1n) is 6.17. The van der Waals surface area contributed by atoms with Crippen LogP contribution in [0.25, 0.3) is 0 Å². The number of aromatic nitrogens is 1. The predicted molar refractivity (Wildman–Crippen MR) is 82.8 cm³/mol. The minimum absolute atomic E-state index is 0.225. The van der Waals surface area contributed by atoms with Crippen LogP contribution in [0.2, 0.25) is 0 Å². The molecule has 0 unspecified atom stereocenters. The molecule has 3 N–H and O–H groups in total. The first kappa shape index (κ1) is 14.8. The van der Waals surface area contributed by atoms with Crippen LogP contribution in [0.1, 0.15) is 16.8 Å². The number of nitrogen functional groups attached to an aromatic ring is 1. The molecule has 0 atom stereocenters. The normalized spacial score (nSPS) is 11.5. The summed E-state index contributed by atoms with van der Waals surface area (Å²) in [4.78, 5) is 5.77. The average molecular weight is 311 g/mol. The van der Waals surface area contributed by atoms with Crippen molar-refractivity contribution in [3.8, 4) is 0 Å². The molecule has 0 fully saturated rings. The fourth-order valence-electron chi connectivity index (χ4n) is 1.70. The summed E-state index contributed by atoms with van der Waals surface area (Å²) in [5.41, 5.74) is 7.00. The highest BCUT2D eigenvalue weighted by Gasteiger charge is 2.09. The van der Waals surface area contributed by atoms with Crippen molar-refractivity contribution in [2.24, 2.45) is 0 Å². The van der Waals surface area contributed by atoms with E-state index in [1.807, 2.05) is 6.20 Å². The molecule has 0 spiro atoms. The highest BCUT2D eigenvalue weighted by atomic mass is 32.2. The van der Waals surface area contributed by atoms with Gasteiger partial charge < -0.3 is 11.1 Å². The monoisotopic (exact) mass is 311 g/mol. The van der Waals surface area contributed by atoms with Gasteiger partial charge in [0.25, 0.3) is 0 Å². The molecule has 0 aliphatic heterocycles.